The monoisotopic (exact) mass is 359 g/mol. The van der Waals surface area contributed by atoms with Crippen molar-refractivity contribution in [2.24, 2.45) is 0 Å². The van der Waals surface area contributed by atoms with Crippen molar-refractivity contribution in [2.75, 3.05) is 31.1 Å². The van der Waals surface area contributed by atoms with Crippen molar-refractivity contribution >= 4 is 28.3 Å². The van der Waals surface area contributed by atoms with Gasteiger partial charge < -0.3 is 4.90 Å². The minimum absolute atomic E-state index is 0.0728. The molecule has 1 atom stereocenters. The Hall–Kier alpha value is -2.14. The zero-order chi connectivity index (χ0) is 17.4. The van der Waals surface area contributed by atoms with E-state index in [0.29, 0.717) is 19.0 Å². The van der Waals surface area contributed by atoms with E-state index in [1.54, 1.807) is 21.1 Å². The second kappa shape index (κ2) is 6.64. The van der Waals surface area contributed by atoms with Gasteiger partial charge in [-0.1, -0.05) is 19.3 Å². The van der Waals surface area contributed by atoms with Gasteiger partial charge in [0.15, 0.2) is 11.3 Å². The lowest BCUT2D eigenvalue weighted by Crippen LogP contribution is -2.66. The molecule has 7 nitrogen and oxygen atoms in total. The Morgan fingerprint density at radius 1 is 1.20 bits per heavy atom. The van der Waals surface area contributed by atoms with Crippen molar-refractivity contribution in [3.05, 3.63) is 11.1 Å². The molecule has 25 heavy (non-hydrogen) atoms. The average molecular weight is 359 g/mol. The third kappa shape index (κ3) is 2.97. The summed E-state index contributed by atoms with van der Waals surface area (Å²) in [6, 6.07) is -0.573. The van der Waals surface area contributed by atoms with Crippen LogP contribution in [-0.4, -0.2) is 58.8 Å². The first kappa shape index (κ1) is 16.3. The van der Waals surface area contributed by atoms with E-state index in [1.807, 2.05) is 12.4 Å². The van der Waals surface area contributed by atoms with Gasteiger partial charge in [0.25, 0.3) is 5.91 Å². The summed E-state index contributed by atoms with van der Waals surface area (Å²) in [5.41, 5.74) is 0. The maximum absolute atomic E-state index is 12.9. The van der Waals surface area contributed by atoms with Gasteiger partial charge in [-0.2, -0.15) is 5.26 Å². The van der Waals surface area contributed by atoms with Crippen molar-refractivity contribution in [3.8, 4) is 6.19 Å². The van der Waals surface area contributed by atoms with Crippen molar-refractivity contribution in [1.29, 1.82) is 5.26 Å². The number of nitrogens with zero attached hydrogens (tertiary/aromatic N) is 5. The topological polar surface area (TPSA) is 80.5 Å². The van der Waals surface area contributed by atoms with Crippen LogP contribution in [0, 0.1) is 11.5 Å². The van der Waals surface area contributed by atoms with Crippen LogP contribution in [-0.2, 0) is 9.59 Å². The number of carbonyl (C=O) groups excluding carboxylic acids is 2. The number of amides is 2. The van der Waals surface area contributed by atoms with E-state index in [0.717, 1.165) is 5.13 Å². The second-order valence-corrected chi connectivity index (χ2v) is 7.99. The van der Waals surface area contributed by atoms with Gasteiger partial charge in [0.1, 0.15) is 12.6 Å². The first-order chi connectivity index (χ1) is 12.2. The van der Waals surface area contributed by atoms with Crippen LogP contribution < -0.4 is 4.90 Å². The summed E-state index contributed by atoms with van der Waals surface area (Å²) < 4.78 is 0. The van der Waals surface area contributed by atoms with Crippen molar-refractivity contribution in [3.63, 3.8) is 0 Å². The van der Waals surface area contributed by atoms with Crippen LogP contribution in [0.3, 0.4) is 0 Å². The lowest BCUT2D eigenvalue weighted by Gasteiger charge is -2.44. The van der Waals surface area contributed by atoms with Crippen LogP contribution in [0.15, 0.2) is 6.20 Å². The Morgan fingerprint density at radius 2 is 2.00 bits per heavy atom. The van der Waals surface area contributed by atoms with Crippen molar-refractivity contribution in [1.82, 2.24) is 14.8 Å². The van der Waals surface area contributed by atoms with Crippen LogP contribution >= 0.6 is 11.3 Å². The molecule has 3 heterocycles. The Morgan fingerprint density at radius 3 is 2.76 bits per heavy atom. The van der Waals surface area contributed by atoms with Gasteiger partial charge in [0.2, 0.25) is 5.91 Å². The fraction of sp³-hybridized carbons (Fsp3) is 0.647. The number of thiazole rings is 1. The molecule has 2 amide bonds. The van der Waals surface area contributed by atoms with Crippen LogP contribution in [0.4, 0.5) is 5.13 Å². The normalized spacial score (nSPS) is 25.1. The highest BCUT2D eigenvalue weighted by Crippen LogP contribution is 2.38. The average Bonchev–Trinajstić information content (AvgIpc) is 3.13. The number of hydrogen-bond donors (Lipinski definition) is 0. The molecular formula is C17H21N5O2S. The molecule has 1 aliphatic carbocycles. The lowest BCUT2D eigenvalue weighted by molar-refractivity contribution is -0.146. The highest BCUT2D eigenvalue weighted by Gasteiger charge is 2.43. The molecule has 3 aliphatic rings. The fourth-order valence-electron chi connectivity index (χ4n) is 4.03. The Labute approximate surface area is 150 Å². The molecule has 1 aromatic heterocycles. The van der Waals surface area contributed by atoms with E-state index in [2.05, 4.69) is 4.98 Å². The first-order valence-electron chi connectivity index (χ1n) is 8.88. The van der Waals surface area contributed by atoms with Gasteiger partial charge >= 0.3 is 0 Å². The maximum Gasteiger partial charge on any atom is 0.253 e. The molecule has 132 valence electrons. The van der Waals surface area contributed by atoms with Crippen LogP contribution in [0.25, 0.3) is 0 Å². The zero-order valence-corrected chi connectivity index (χ0v) is 14.9. The number of rotatable bonds is 2. The molecule has 0 N–H and O–H groups in total. The minimum atomic E-state index is -0.573. The molecular weight excluding hydrogens is 338 g/mol. The molecule has 8 heteroatoms. The van der Waals surface area contributed by atoms with Crippen molar-refractivity contribution in [2.45, 2.75) is 44.1 Å². The molecule has 0 spiro atoms. The van der Waals surface area contributed by atoms with Gasteiger partial charge in [-0.25, -0.2) is 4.98 Å². The van der Waals surface area contributed by atoms with E-state index in [1.165, 1.54) is 41.9 Å². The smallest absolute Gasteiger partial charge is 0.253 e. The van der Waals surface area contributed by atoms with Crippen LogP contribution in [0.1, 0.15) is 42.9 Å². The summed E-state index contributed by atoms with van der Waals surface area (Å²) in [4.78, 5) is 35.5. The molecule has 3 fully saturated rings. The summed E-state index contributed by atoms with van der Waals surface area (Å²) in [6.45, 7) is 1.33. The number of anilines is 1. The van der Waals surface area contributed by atoms with Gasteiger partial charge in [-0.05, 0) is 18.8 Å². The number of carbonyl (C=O) groups is 2. The maximum atomic E-state index is 12.9. The van der Waals surface area contributed by atoms with E-state index in [4.69, 9.17) is 5.26 Å². The van der Waals surface area contributed by atoms with Crippen molar-refractivity contribution < 1.29 is 9.59 Å². The molecule has 2 aliphatic heterocycles. The quantitative estimate of drug-likeness (QED) is 0.748. The summed E-state index contributed by atoms with van der Waals surface area (Å²) >= 11 is 1.61. The summed E-state index contributed by atoms with van der Waals surface area (Å²) in [7, 11) is 0. The van der Waals surface area contributed by atoms with E-state index < -0.39 is 6.04 Å². The molecule has 1 saturated carbocycles. The highest BCUT2D eigenvalue weighted by molar-refractivity contribution is 7.15. The third-order valence-electron chi connectivity index (χ3n) is 5.42. The first-order valence-corrected chi connectivity index (χ1v) is 9.70. The predicted molar refractivity (Wildman–Crippen MR) is 93.0 cm³/mol. The Bertz CT molecular complexity index is 721. The van der Waals surface area contributed by atoms with E-state index in [9.17, 15) is 9.59 Å². The minimum Gasteiger partial charge on any atom is -0.325 e. The van der Waals surface area contributed by atoms with Crippen LogP contribution in [0.5, 0.6) is 0 Å². The largest absolute Gasteiger partial charge is 0.325 e. The molecule has 1 aromatic rings. The Kier molecular flexibility index (Phi) is 4.34. The number of fused-ring (bicyclic) bond motifs is 1. The molecule has 4 rings (SSSR count). The molecule has 0 unspecified atom stereocenters. The number of piperazine rings is 2. The SMILES string of the molecule is N#CN1CC(=O)N2CCN(c3ncc(C4CCCCC4)s3)C(=O)[C@@H]2C1. The summed E-state index contributed by atoms with van der Waals surface area (Å²) in [5, 5.41) is 9.81. The number of nitriles is 1. The molecule has 2 saturated heterocycles. The highest BCUT2D eigenvalue weighted by atomic mass is 32.1. The van der Waals surface area contributed by atoms with E-state index in [-0.39, 0.29) is 24.9 Å². The van der Waals surface area contributed by atoms with Gasteiger partial charge in [0.05, 0.1) is 6.54 Å². The Balaban J connectivity index is 1.52. The number of hydrogen-bond acceptors (Lipinski definition) is 6. The van der Waals surface area contributed by atoms with Gasteiger partial charge in [0, 0.05) is 24.2 Å². The lowest BCUT2D eigenvalue weighted by atomic mass is 9.89. The van der Waals surface area contributed by atoms with E-state index >= 15 is 0 Å². The summed E-state index contributed by atoms with van der Waals surface area (Å²) in [6.07, 6.45) is 10.2. The van der Waals surface area contributed by atoms with Gasteiger partial charge in [-0.15, -0.1) is 11.3 Å². The summed E-state index contributed by atoms with van der Waals surface area (Å²) in [5.74, 6) is 0.304. The molecule has 0 bridgehead atoms. The predicted octanol–water partition coefficient (Wildman–Crippen LogP) is 1.53. The fourth-order valence-corrected chi connectivity index (χ4v) is 5.15. The second-order valence-electron chi connectivity index (χ2n) is 6.95. The molecule has 0 radical (unpaired) electrons. The zero-order valence-electron chi connectivity index (χ0n) is 14.1. The third-order valence-corrected chi connectivity index (χ3v) is 6.61. The van der Waals surface area contributed by atoms with Gasteiger partial charge in [-0.3, -0.25) is 19.4 Å². The number of aromatic nitrogens is 1. The van der Waals surface area contributed by atoms with Crippen LogP contribution in [0.2, 0.25) is 0 Å². The standard InChI is InChI=1S/C17H21N5O2S/c18-11-20-9-13-16(24)22(7-6-21(13)15(23)10-20)17-19-8-14(25-17)12-4-2-1-3-5-12/h8,12-13H,1-7,9-10H2/t13-/m0/s1. The molecule has 0 aromatic carbocycles.